The Morgan fingerprint density at radius 1 is 1.28 bits per heavy atom. The van der Waals surface area contributed by atoms with E-state index >= 15 is 0 Å². The van der Waals surface area contributed by atoms with Gasteiger partial charge in [0.2, 0.25) is 0 Å². The average Bonchev–Trinajstić information content (AvgIpc) is 2.75. The summed E-state index contributed by atoms with van der Waals surface area (Å²) in [6.45, 7) is 2.31. The van der Waals surface area contributed by atoms with Crippen LogP contribution in [0.1, 0.15) is 26.2 Å². The molecule has 1 aromatic carbocycles. The Morgan fingerprint density at radius 2 is 2.17 bits per heavy atom. The first-order chi connectivity index (χ1) is 8.72. The van der Waals surface area contributed by atoms with Crippen LogP contribution in [-0.2, 0) is 0 Å². The van der Waals surface area contributed by atoms with Gasteiger partial charge in [0.25, 0.3) is 0 Å². The van der Waals surface area contributed by atoms with Crippen molar-refractivity contribution in [3.63, 3.8) is 0 Å². The fourth-order valence-electron chi connectivity index (χ4n) is 2.72. The Kier molecular flexibility index (Phi) is 2.78. The van der Waals surface area contributed by atoms with Crippen LogP contribution < -0.4 is 11.1 Å². The number of nitrogens with two attached hydrogens (primary N) is 1. The second kappa shape index (κ2) is 4.44. The lowest BCUT2D eigenvalue weighted by Gasteiger charge is -2.14. The number of benzene rings is 1. The quantitative estimate of drug-likeness (QED) is 0.795. The molecule has 94 valence electrons. The summed E-state index contributed by atoms with van der Waals surface area (Å²) in [5.74, 6) is 1.74. The number of nitrogens with one attached hydrogen (secondary N) is 1. The first kappa shape index (κ1) is 11.3. The number of fused-ring (bicyclic) bond motifs is 1. The molecule has 3 N–H and O–H groups in total. The maximum Gasteiger partial charge on any atom is 0.137 e. The Morgan fingerprint density at radius 3 is 2.94 bits per heavy atom. The highest BCUT2D eigenvalue weighted by Crippen LogP contribution is 2.29. The highest BCUT2D eigenvalue weighted by Gasteiger charge is 2.21. The summed E-state index contributed by atoms with van der Waals surface area (Å²) in [6.07, 6.45) is 5.35. The highest BCUT2D eigenvalue weighted by atomic mass is 15.0. The zero-order chi connectivity index (χ0) is 12.5. The minimum Gasteiger partial charge on any atom is -0.399 e. The maximum atomic E-state index is 5.77. The molecule has 18 heavy (non-hydrogen) atoms. The summed E-state index contributed by atoms with van der Waals surface area (Å²) in [5, 5.41) is 4.59. The van der Waals surface area contributed by atoms with Crippen molar-refractivity contribution in [2.24, 2.45) is 5.92 Å². The van der Waals surface area contributed by atoms with E-state index in [0.29, 0.717) is 6.04 Å². The lowest BCUT2D eigenvalue weighted by molar-refractivity contribution is 0.602. The van der Waals surface area contributed by atoms with Gasteiger partial charge in [-0.05, 0) is 43.4 Å². The van der Waals surface area contributed by atoms with Crippen molar-refractivity contribution < 1.29 is 0 Å². The summed E-state index contributed by atoms with van der Waals surface area (Å²) in [4.78, 5) is 8.62. The first-order valence-electron chi connectivity index (χ1n) is 6.49. The van der Waals surface area contributed by atoms with Crippen LogP contribution in [0.2, 0.25) is 0 Å². The van der Waals surface area contributed by atoms with Crippen LogP contribution >= 0.6 is 0 Å². The minimum atomic E-state index is 0.538. The third kappa shape index (κ3) is 2.10. The van der Waals surface area contributed by atoms with Gasteiger partial charge in [-0.25, -0.2) is 9.97 Å². The third-order valence-electron chi connectivity index (χ3n) is 3.70. The van der Waals surface area contributed by atoms with Crippen molar-refractivity contribution in [1.82, 2.24) is 9.97 Å². The minimum absolute atomic E-state index is 0.538. The predicted octanol–water partition coefficient (Wildman–Crippen LogP) is 2.81. The van der Waals surface area contributed by atoms with E-state index in [2.05, 4.69) is 22.2 Å². The Hall–Kier alpha value is -1.84. The largest absolute Gasteiger partial charge is 0.399 e. The Bertz CT molecular complexity index is 567. The van der Waals surface area contributed by atoms with Gasteiger partial charge >= 0.3 is 0 Å². The summed E-state index contributed by atoms with van der Waals surface area (Å²) < 4.78 is 0. The number of hydrogen-bond donors (Lipinski definition) is 2. The van der Waals surface area contributed by atoms with Gasteiger partial charge in [-0.3, -0.25) is 0 Å². The third-order valence-corrected chi connectivity index (χ3v) is 3.70. The molecular weight excluding hydrogens is 224 g/mol. The summed E-state index contributed by atoms with van der Waals surface area (Å²) in [5.41, 5.74) is 7.41. The second-order valence-corrected chi connectivity index (χ2v) is 5.26. The van der Waals surface area contributed by atoms with Gasteiger partial charge in [-0.1, -0.05) is 6.92 Å². The molecule has 0 saturated heterocycles. The van der Waals surface area contributed by atoms with E-state index < -0.39 is 0 Å². The predicted molar refractivity (Wildman–Crippen MR) is 74.4 cm³/mol. The van der Waals surface area contributed by atoms with Crippen molar-refractivity contribution >= 4 is 22.4 Å². The topological polar surface area (TPSA) is 63.8 Å². The van der Waals surface area contributed by atoms with Crippen LogP contribution in [-0.4, -0.2) is 16.0 Å². The highest BCUT2D eigenvalue weighted by molar-refractivity contribution is 5.90. The van der Waals surface area contributed by atoms with Gasteiger partial charge in [0.1, 0.15) is 12.1 Å². The molecule has 0 aliphatic heterocycles. The molecule has 4 heteroatoms. The van der Waals surface area contributed by atoms with E-state index in [1.54, 1.807) is 6.33 Å². The lowest BCUT2D eigenvalue weighted by atomic mass is 10.1. The van der Waals surface area contributed by atoms with E-state index in [1.165, 1.54) is 19.3 Å². The number of anilines is 2. The molecule has 0 amide bonds. The normalized spacial score (nSPS) is 23.4. The molecule has 0 spiro atoms. The smallest absolute Gasteiger partial charge is 0.137 e. The van der Waals surface area contributed by atoms with Crippen LogP contribution in [0.25, 0.3) is 10.9 Å². The van der Waals surface area contributed by atoms with Gasteiger partial charge in [-0.15, -0.1) is 0 Å². The standard InChI is InChI=1S/C14H18N4/c1-9-2-4-11(6-9)18-14-12-5-3-10(15)7-13(12)16-8-17-14/h3,5,7-9,11H,2,4,6,15H2,1H3,(H,16,17,18). The summed E-state index contributed by atoms with van der Waals surface area (Å²) in [6, 6.07) is 6.31. The molecule has 3 rings (SSSR count). The molecule has 4 nitrogen and oxygen atoms in total. The van der Waals surface area contributed by atoms with Crippen LogP contribution in [0.5, 0.6) is 0 Å². The second-order valence-electron chi connectivity index (χ2n) is 5.26. The molecule has 1 saturated carbocycles. The van der Waals surface area contributed by atoms with E-state index in [4.69, 9.17) is 5.73 Å². The van der Waals surface area contributed by atoms with E-state index in [1.807, 2.05) is 18.2 Å². The molecule has 2 unspecified atom stereocenters. The Labute approximate surface area is 107 Å². The van der Waals surface area contributed by atoms with Gasteiger partial charge in [0.05, 0.1) is 5.52 Å². The van der Waals surface area contributed by atoms with Crippen LogP contribution in [0, 0.1) is 5.92 Å². The fourth-order valence-corrected chi connectivity index (χ4v) is 2.72. The van der Waals surface area contributed by atoms with Gasteiger partial charge in [0.15, 0.2) is 0 Å². The first-order valence-corrected chi connectivity index (χ1v) is 6.49. The molecule has 0 radical (unpaired) electrons. The summed E-state index contributed by atoms with van der Waals surface area (Å²) in [7, 11) is 0. The van der Waals surface area contributed by atoms with Crippen molar-refractivity contribution in [1.29, 1.82) is 0 Å². The lowest BCUT2D eigenvalue weighted by Crippen LogP contribution is -2.16. The number of nitrogens with zero attached hydrogens (tertiary/aromatic N) is 2. The zero-order valence-corrected chi connectivity index (χ0v) is 10.6. The van der Waals surface area contributed by atoms with Crippen molar-refractivity contribution in [3.05, 3.63) is 24.5 Å². The van der Waals surface area contributed by atoms with Crippen molar-refractivity contribution in [2.75, 3.05) is 11.1 Å². The van der Waals surface area contributed by atoms with Crippen LogP contribution in [0.15, 0.2) is 24.5 Å². The van der Waals surface area contributed by atoms with Crippen molar-refractivity contribution in [2.45, 2.75) is 32.2 Å². The number of rotatable bonds is 2. The van der Waals surface area contributed by atoms with E-state index in [0.717, 1.165) is 28.3 Å². The van der Waals surface area contributed by atoms with Gasteiger partial charge in [0, 0.05) is 17.1 Å². The molecule has 1 aliphatic carbocycles. The van der Waals surface area contributed by atoms with Crippen LogP contribution in [0.4, 0.5) is 11.5 Å². The number of aromatic nitrogens is 2. The molecule has 2 atom stereocenters. The molecule has 1 aromatic heterocycles. The average molecular weight is 242 g/mol. The SMILES string of the molecule is CC1CCC(Nc2ncnc3cc(N)ccc23)C1. The van der Waals surface area contributed by atoms with Crippen LogP contribution in [0.3, 0.4) is 0 Å². The molecular formula is C14H18N4. The fraction of sp³-hybridized carbons (Fsp3) is 0.429. The van der Waals surface area contributed by atoms with Gasteiger partial charge < -0.3 is 11.1 Å². The van der Waals surface area contributed by atoms with E-state index in [-0.39, 0.29) is 0 Å². The Balaban J connectivity index is 1.92. The number of hydrogen-bond acceptors (Lipinski definition) is 4. The van der Waals surface area contributed by atoms with E-state index in [9.17, 15) is 0 Å². The summed E-state index contributed by atoms with van der Waals surface area (Å²) >= 11 is 0. The molecule has 0 bridgehead atoms. The van der Waals surface area contributed by atoms with Crippen molar-refractivity contribution in [3.8, 4) is 0 Å². The number of nitrogen functional groups attached to an aromatic ring is 1. The monoisotopic (exact) mass is 242 g/mol. The molecule has 1 heterocycles. The zero-order valence-electron chi connectivity index (χ0n) is 10.6. The molecule has 1 aliphatic rings. The molecule has 2 aromatic rings. The maximum absolute atomic E-state index is 5.77. The molecule has 1 fully saturated rings. The van der Waals surface area contributed by atoms with Gasteiger partial charge in [-0.2, -0.15) is 0 Å².